The van der Waals surface area contributed by atoms with Crippen LogP contribution in [0.3, 0.4) is 0 Å². The molecule has 4 heteroatoms. The van der Waals surface area contributed by atoms with Gasteiger partial charge in [0.25, 0.3) is 0 Å². The molecule has 1 N–H and O–H groups in total. The second kappa shape index (κ2) is 5.61. The van der Waals surface area contributed by atoms with E-state index in [0.29, 0.717) is 12.2 Å². The smallest absolute Gasteiger partial charge is 0.352 e. The third kappa shape index (κ3) is 2.73. The average Bonchev–Trinajstić information content (AvgIpc) is 2.73. The highest BCUT2D eigenvalue weighted by atomic mass is 79.9. The molecule has 19 heavy (non-hydrogen) atoms. The van der Waals surface area contributed by atoms with Gasteiger partial charge in [0.2, 0.25) is 0 Å². The molecule has 0 aliphatic carbocycles. The fraction of sp³-hybridized carbons (Fsp3) is 0.267. The zero-order valence-electron chi connectivity index (χ0n) is 11.0. The van der Waals surface area contributed by atoms with E-state index < -0.39 is 5.97 Å². The molecule has 0 unspecified atom stereocenters. The third-order valence-electron chi connectivity index (χ3n) is 3.11. The molecule has 0 bridgehead atoms. The van der Waals surface area contributed by atoms with Crippen LogP contribution in [-0.4, -0.2) is 15.6 Å². The van der Waals surface area contributed by atoms with Gasteiger partial charge in [-0.1, -0.05) is 28.9 Å². The normalized spacial score (nSPS) is 10.7. The summed E-state index contributed by atoms with van der Waals surface area (Å²) in [5.41, 5.74) is 3.51. The molecule has 2 rings (SSSR count). The van der Waals surface area contributed by atoms with Crippen molar-refractivity contribution >= 4 is 21.9 Å². The predicted molar refractivity (Wildman–Crippen MR) is 79.6 cm³/mol. The van der Waals surface area contributed by atoms with Crippen LogP contribution < -0.4 is 0 Å². The second-order valence-electron chi connectivity index (χ2n) is 4.52. The number of rotatable bonds is 4. The Kier molecular flexibility index (Phi) is 4.10. The molecule has 0 saturated carbocycles. The van der Waals surface area contributed by atoms with E-state index in [9.17, 15) is 9.90 Å². The quantitative estimate of drug-likeness (QED) is 0.910. The van der Waals surface area contributed by atoms with Crippen molar-refractivity contribution in [3.05, 3.63) is 46.1 Å². The van der Waals surface area contributed by atoms with E-state index in [1.165, 1.54) is 0 Å². The van der Waals surface area contributed by atoms with Gasteiger partial charge in [0.1, 0.15) is 5.69 Å². The number of carboxylic acids is 1. The lowest BCUT2D eigenvalue weighted by Gasteiger charge is -2.12. The molecule has 1 aromatic carbocycles. The van der Waals surface area contributed by atoms with Crippen LogP contribution in [0.1, 0.15) is 29.4 Å². The molecule has 0 atom stereocenters. The van der Waals surface area contributed by atoms with Crippen LogP contribution in [0.4, 0.5) is 0 Å². The van der Waals surface area contributed by atoms with Gasteiger partial charge in [0.15, 0.2) is 0 Å². The Hall–Kier alpha value is -1.55. The highest BCUT2D eigenvalue weighted by Crippen LogP contribution is 2.28. The summed E-state index contributed by atoms with van der Waals surface area (Å²) in [5, 5.41) is 9.24. The molecule has 0 saturated heterocycles. The summed E-state index contributed by atoms with van der Waals surface area (Å²) < 4.78 is 2.90. The Bertz CT molecular complexity index is 617. The monoisotopic (exact) mass is 321 g/mol. The Balaban J connectivity index is 2.58. The van der Waals surface area contributed by atoms with E-state index in [1.807, 2.05) is 42.7 Å². The summed E-state index contributed by atoms with van der Waals surface area (Å²) in [7, 11) is 0. The lowest BCUT2D eigenvalue weighted by atomic mass is 10.1. The number of halogens is 1. The van der Waals surface area contributed by atoms with Gasteiger partial charge in [-0.2, -0.15) is 0 Å². The minimum absolute atomic E-state index is 0.346. The van der Waals surface area contributed by atoms with E-state index >= 15 is 0 Å². The van der Waals surface area contributed by atoms with Gasteiger partial charge >= 0.3 is 5.97 Å². The Labute approximate surface area is 121 Å². The number of hydrogen-bond acceptors (Lipinski definition) is 1. The lowest BCUT2D eigenvalue weighted by molar-refractivity contribution is 0.0685. The maximum Gasteiger partial charge on any atom is 0.352 e. The topological polar surface area (TPSA) is 42.2 Å². The number of benzene rings is 1. The highest BCUT2D eigenvalue weighted by Gasteiger charge is 2.15. The minimum atomic E-state index is -0.880. The number of hydrogen-bond donors (Lipinski definition) is 1. The van der Waals surface area contributed by atoms with Crippen molar-refractivity contribution < 1.29 is 9.90 Å². The Morgan fingerprint density at radius 2 is 2.05 bits per heavy atom. The zero-order chi connectivity index (χ0) is 14.0. The number of carbonyl (C=O) groups is 1. The van der Waals surface area contributed by atoms with Gasteiger partial charge in [-0.15, -0.1) is 0 Å². The summed E-state index contributed by atoms with van der Waals surface area (Å²) in [6.07, 6.45) is 0.900. The maximum atomic E-state index is 11.3. The van der Waals surface area contributed by atoms with Crippen molar-refractivity contribution in [1.29, 1.82) is 0 Å². The van der Waals surface area contributed by atoms with E-state index in [1.54, 1.807) is 6.07 Å². The molecular weight excluding hydrogens is 306 g/mol. The average molecular weight is 322 g/mol. The first-order valence-corrected chi connectivity index (χ1v) is 7.03. The maximum absolute atomic E-state index is 11.3. The summed E-state index contributed by atoms with van der Waals surface area (Å²) in [6, 6.07) is 9.60. The number of aromatic nitrogens is 1. The fourth-order valence-corrected chi connectivity index (χ4v) is 2.74. The zero-order valence-corrected chi connectivity index (χ0v) is 12.6. The van der Waals surface area contributed by atoms with Gasteiger partial charge < -0.3 is 9.67 Å². The summed E-state index contributed by atoms with van der Waals surface area (Å²) in [6.45, 7) is 4.78. The van der Waals surface area contributed by atoms with Crippen LogP contribution in [0.2, 0.25) is 0 Å². The lowest BCUT2D eigenvalue weighted by Crippen LogP contribution is -2.09. The summed E-state index contributed by atoms with van der Waals surface area (Å²) in [4.78, 5) is 11.3. The fourth-order valence-electron chi connectivity index (χ4n) is 2.27. The van der Waals surface area contributed by atoms with Gasteiger partial charge in [0, 0.05) is 22.3 Å². The number of carboxylic acid groups (broad SMARTS) is 1. The van der Waals surface area contributed by atoms with Gasteiger partial charge in [-0.25, -0.2) is 4.79 Å². The molecule has 1 heterocycles. The summed E-state index contributed by atoms with van der Waals surface area (Å²) >= 11 is 3.45. The van der Waals surface area contributed by atoms with E-state index in [-0.39, 0.29) is 0 Å². The molecule has 3 nitrogen and oxygen atoms in total. The molecule has 0 radical (unpaired) electrons. The minimum Gasteiger partial charge on any atom is -0.477 e. The first-order chi connectivity index (χ1) is 9.04. The van der Waals surface area contributed by atoms with Crippen molar-refractivity contribution in [2.45, 2.75) is 26.8 Å². The van der Waals surface area contributed by atoms with Crippen LogP contribution in [0.25, 0.3) is 11.3 Å². The van der Waals surface area contributed by atoms with Crippen molar-refractivity contribution in [1.82, 2.24) is 4.57 Å². The Morgan fingerprint density at radius 1 is 1.32 bits per heavy atom. The SMILES string of the molecule is CCCn1c(C(=O)O)ccc1-c1ccc(Br)cc1C. The van der Waals surface area contributed by atoms with E-state index in [2.05, 4.69) is 15.9 Å². The van der Waals surface area contributed by atoms with Crippen molar-refractivity contribution in [2.75, 3.05) is 0 Å². The van der Waals surface area contributed by atoms with Crippen molar-refractivity contribution in [3.63, 3.8) is 0 Å². The molecule has 0 spiro atoms. The first-order valence-electron chi connectivity index (χ1n) is 6.24. The molecular formula is C15H16BrNO2. The van der Waals surface area contributed by atoms with E-state index in [0.717, 1.165) is 27.7 Å². The summed E-state index contributed by atoms with van der Waals surface area (Å²) in [5.74, 6) is -0.880. The number of aryl methyl sites for hydroxylation is 1. The predicted octanol–water partition coefficient (Wildman–Crippen LogP) is 4.33. The van der Waals surface area contributed by atoms with Crippen LogP contribution in [0, 0.1) is 6.92 Å². The van der Waals surface area contributed by atoms with Crippen molar-refractivity contribution in [2.24, 2.45) is 0 Å². The number of aromatic carboxylic acids is 1. The van der Waals surface area contributed by atoms with Crippen LogP contribution in [0.5, 0.6) is 0 Å². The molecule has 1 aromatic heterocycles. The molecule has 0 fully saturated rings. The third-order valence-corrected chi connectivity index (χ3v) is 3.60. The van der Waals surface area contributed by atoms with Gasteiger partial charge in [-0.05, 0) is 43.2 Å². The van der Waals surface area contributed by atoms with Crippen LogP contribution in [0.15, 0.2) is 34.8 Å². The molecule has 0 amide bonds. The molecule has 2 aromatic rings. The second-order valence-corrected chi connectivity index (χ2v) is 5.44. The first kappa shape index (κ1) is 13.9. The molecule has 0 aliphatic heterocycles. The molecule has 100 valence electrons. The van der Waals surface area contributed by atoms with Crippen LogP contribution >= 0.6 is 15.9 Å². The van der Waals surface area contributed by atoms with Gasteiger partial charge in [-0.3, -0.25) is 0 Å². The molecule has 0 aliphatic rings. The largest absolute Gasteiger partial charge is 0.477 e. The van der Waals surface area contributed by atoms with E-state index in [4.69, 9.17) is 0 Å². The van der Waals surface area contributed by atoms with Crippen LogP contribution in [-0.2, 0) is 6.54 Å². The Morgan fingerprint density at radius 3 is 2.63 bits per heavy atom. The highest BCUT2D eigenvalue weighted by molar-refractivity contribution is 9.10. The standard InChI is InChI=1S/C15H16BrNO2/c1-3-8-17-13(6-7-14(17)15(18)19)12-5-4-11(16)9-10(12)2/h4-7,9H,3,8H2,1-2H3,(H,18,19). The number of nitrogens with zero attached hydrogens (tertiary/aromatic N) is 1. The van der Waals surface area contributed by atoms with Gasteiger partial charge in [0.05, 0.1) is 0 Å². The van der Waals surface area contributed by atoms with Crippen molar-refractivity contribution in [3.8, 4) is 11.3 Å².